The Morgan fingerprint density at radius 3 is 2.46 bits per heavy atom. The van der Waals surface area contributed by atoms with Crippen molar-refractivity contribution in [1.82, 2.24) is 4.90 Å². The molecule has 2 aliphatic rings. The van der Waals surface area contributed by atoms with Gasteiger partial charge in [0, 0.05) is 30.9 Å². The Kier molecular flexibility index (Phi) is 6.04. The Morgan fingerprint density at radius 2 is 1.88 bits per heavy atom. The molecule has 0 aliphatic carbocycles. The van der Waals surface area contributed by atoms with Crippen LogP contribution in [0.15, 0.2) is 11.6 Å². The number of esters is 2. The molecule has 2 aliphatic heterocycles. The van der Waals surface area contributed by atoms with Gasteiger partial charge >= 0.3 is 11.9 Å². The van der Waals surface area contributed by atoms with Crippen molar-refractivity contribution in [3.05, 3.63) is 11.6 Å². The van der Waals surface area contributed by atoms with Crippen LogP contribution in [0.2, 0.25) is 0 Å². The highest BCUT2D eigenvalue weighted by atomic mass is 16.6. The Labute approximate surface area is 143 Å². The van der Waals surface area contributed by atoms with E-state index < -0.39 is 12.2 Å². The van der Waals surface area contributed by atoms with E-state index in [1.165, 1.54) is 0 Å². The molecule has 136 valence electrons. The summed E-state index contributed by atoms with van der Waals surface area (Å²) in [5.74, 6) is -0.395. The number of aliphatic hydroxyl groups is 1. The van der Waals surface area contributed by atoms with Gasteiger partial charge < -0.3 is 14.6 Å². The van der Waals surface area contributed by atoms with Crippen molar-refractivity contribution in [1.29, 1.82) is 0 Å². The highest BCUT2D eigenvalue weighted by Crippen LogP contribution is 2.38. The predicted octanol–water partition coefficient (Wildman–Crippen LogP) is 1.66. The number of rotatable bonds is 5. The maximum Gasteiger partial charge on any atom is 0.333 e. The molecule has 5 atom stereocenters. The lowest BCUT2D eigenvalue weighted by Crippen LogP contribution is -2.46. The number of hydrogen-bond donors (Lipinski definition) is 1. The van der Waals surface area contributed by atoms with Crippen molar-refractivity contribution in [3.63, 3.8) is 0 Å². The number of ether oxygens (including phenoxy) is 2. The Bertz CT molecular complexity index is 516. The van der Waals surface area contributed by atoms with Crippen LogP contribution >= 0.6 is 0 Å². The second kappa shape index (κ2) is 7.66. The zero-order valence-corrected chi connectivity index (χ0v) is 15.2. The number of fused-ring (bicyclic) bond motifs is 2. The molecule has 24 heavy (non-hydrogen) atoms. The van der Waals surface area contributed by atoms with Crippen LogP contribution in [0.4, 0.5) is 0 Å². The van der Waals surface area contributed by atoms with Crippen molar-refractivity contribution < 1.29 is 24.2 Å². The van der Waals surface area contributed by atoms with Gasteiger partial charge in [0.1, 0.15) is 18.3 Å². The first kappa shape index (κ1) is 18.9. The molecular weight excluding hydrogens is 310 g/mol. The fourth-order valence-corrected chi connectivity index (χ4v) is 3.55. The molecule has 2 bridgehead atoms. The first-order chi connectivity index (χ1) is 11.2. The largest absolute Gasteiger partial charge is 0.459 e. The van der Waals surface area contributed by atoms with Crippen molar-refractivity contribution in [2.75, 3.05) is 7.05 Å². The van der Waals surface area contributed by atoms with Crippen LogP contribution in [0.1, 0.15) is 47.0 Å². The van der Waals surface area contributed by atoms with Crippen LogP contribution in [0, 0.1) is 5.92 Å². The molecule has 2 saturated heterocycles. The summed E-state index contributed by atoms with van der Waals surface area (Å²) in [5.41, 5.74) is 0.571. The molecule has 2 heterocycles. The van der Waals surface area contributed by atoms with Crippen LogP contribution in [0.3, 0.4) is 0 Å². The summed E-state index contributed by atoms with van der Waals surface area (Å²) in [4.78, 5) is 26.0. The monoisotopic (exact) mass is 339 g/mol. The third kappa shape index (κ3) is 3.98. The van der Waals surface area contributed by atoms with E-state index in [1.54, 1.807) is 19.9 Å². The third-order valence-electron chi connectivity index (χ3n) is 5.04. The summed E-state index contributed by atoms with van der Waals surface area (Å²) in [6.45, 7) is 7.42. The fourth-order valence-electron chi connectivity index (χ4n) is 3.55. The molecule has 0 aromatic rings. The van der Waals surface area contributed by atoms with Gasteiger partial charge in [-0.05, 0) is 26.8 Å². The van der Waals surface area contributed by atoms with Gasteiger partial charge in [-0.25, -0.2) is 4.79 Å². The Morgan fingerprint density at radius 1 is 1.25 bits per heavy atom. The van der Waals surface area contributed by atoms with E-state index in [1.807, 2.05) is 25.8 Å². The average Bonchev–Trinajstić information content (AvgIpc) is 2.64. The Hall–Kier alpha value is -1.40. The molecule has 0 radical (unpaired) electrons. The zero-order valence-electron chi connectivity index (χ0n) is 15.2. The minimum Gasteiger partial charge on any atom is -0.459 e. The van der Waals surface area contributed by atoms with Crippen molar-refractivity contribution in [3.8, 4) is 0 Å². The minimum absolute atomic E-state index is 0.126. The van der Waals surface area contributed by atoms with Crippen molar-refractivity contribution in [2.45, 2.75) is 77.4 Å². The number of hydrogen-bond acceptors (Lipinski definition) is 6. The molecule has 0 unspecified atom stereocenters. The highest BCUT2D eigenvalue weighted by Gasteiger charge is 2.53. The lowest BCUT2D eigenvalue weighted by atomic mass is 10.00. The standard InChI is InChI=1S/C18H29NO5/c1-6-11(4)18(22)23-12-8-13-16(21)17(14(9-12)19(13)5)24-15(20)7-10(2)3/h6,10,12-14,16-17,21H,7-9H2,1-5H3/b11-6+/t12-,13+,14-,16+,17-/m0/s1. The van der Waals surface area contributed by atoms with Gasteiger partial charge in [0.05, 0.1) is 6.04 Å². The lowest BCUT2D eigenvalue weighted by Gasteiger charge is -2.36. The first-order valence-electron chi connectivity index (χ1n) is 8.68. The molecular formula is C18H29NO5. The number of likely N-dealkylation sites (N-methyl/N-ethyl adjacent to an activating group) is 1. The number of carbonyl (C=O) groups is 2. The topological polar surface area (TPSA) is 76.1 Å². The quantitative estimate of drug-likeness (QED) is 0.606. The smallest absolute Gasteiger partial charge is 0.333 e. The SMILES string of the molecule is C/C=C(\C)C(=O)O[C@H]1C[C@@H]2[C@@H](O)[C@@H](OC(=O)CC(C)C)[C@H](C1)N2C. The first-order valence-corrected chi connectivity index (χ1v) is 8.68. The molecule has 0 aromatic heterocycles. The highest BCUT2D eigenvalue weighted by molar-refractivity contribution is 5.87. The van der Waals surface area contributed by atoms with Crippen LogP contribution in [0.5, 0.6) is 0 Å². The molecule has 6 nitrogen and oxygen atoms in total. The van der Waals surface area contributed by atoms with Gasteiger partial charge in [-0.1, -0.05) is 19.9 Å². The molecule has 0 aromatic carbocycles. The number of carbonyl (C=O) groups excluding carboxylic acids is 2. The maximum absolute atomic E-state index is 12.0. The maximum atomic E-state index is 12.0. The number of piperidine rings is 1. The molecule has 1 N–H and O–H groups in total. The van der Waals surface area contributed by atoms with Crippen LogP contribution in [-0.4, -0.2) is 59.4 Å². The normalized spacial score (nSPS) is 33.6. The van der Waals surface area contributed by atoms with Crippen LogP contribution in [-0.2, 0) is 19.1 Å². The average molecular weight is 339 g/mol. The number of nitrogens with zero attached hydrogens (tertiary/aromatic N) is 1. The van der Waals surface area contributed by atoms with Gasteiger partial charge in [0.25, 0.3) is 0 Å². The summed E-state index contributed by atoms with van der Waals surface area (Å²) in [7, 11) is 1.92. The lowest BCUT2D eigenvalue weighted by molar-refractivity contribution is -0.156. The van der Waals surface area contributed by atoms with Crippen LogP contribution in [0.25, 0.3) is 0 Å². The molecule has 0 spiro atoms. The van der Waals surface area contributed by atoms with Gasteiger partial charge in [-0.15, -0.1) is 0 Å². The third-order valence-corrected chi connectivity index (χ3v) is 5.04. The van der Waals surface area contributed by atoms with Gasteiger partial charge in [0.2, 0.25) is 0 Å². The minimum atomic E-state index is -0.748. The fraction of sp³-hybridized carbons (Fsp3) is 0.778. The zero-order chi connectivity index (χ0) is 18.0. The summed E-state index contributed by atoms with van der Waals surface area (Å²) in [6.07, 6.45) is 1.60. The van der Waals surface area contributed by atoms with Gasteiger partial charge in [-0.2, -0.15) is 0 Å². The molecule has 2 rings (SSSR count). The molecule has 0 amide bonds. The molecule has 0 saturated carbocycles. The molecule has 2 fully saturated rings. The second-order valence-corrected chi connectivity index (χ2v) is 7.31. The van der Waals surface area contributed by atoms with Gasteiger partial charge in [0.15, 0.2) is 0 Å². The van der Waals surface area contributed by atoms with E-state index in [0.29, 0.717) is 24.8 Å². The summed E-state index contributed by atoms with van der Waals surface area (Å²) < 4.78 is 11.1. The summed E-state index contributed by atoms with van der Waals surface area (Å²) in [6, 6.07) is -0.289. The predicted molar refractivity (Wildman–Crippen MR) is 89.2 cm³/mol. The number of allylic oxidation sites excluding steroid dienone is 1. The summed E-state index contributed by atoms with van der Waals surface area (Å²) >= 11 is 0. The number of aliphatic hydroxyl groups excluding tert-OH is 1. The van der Waals surface area contributed by atoms with Crippen LogP contribution < -0.4 is 0 Å². The van der Waals surface area contributed by atoms with Crippen molar-refractivity contribution >= 4 is 11.9 Å². The van der Waals surface area contributed by atoms with E-state index in [9.17, 15) is 14.7 Å². The van der Waals surface area contributed by atoms with E-state index in [2.05, 4.69) is 0 Å². The van der Waals surface area contributed by atoms with E-state index in [-0.39, 0.29) is 36.0 Å². The second-order valence-electron chi connectivity index (χ2n) is 7.31. The summed E-state index contributed by atoms with van der Waals surface area (Å²) in [5, 5.41) is 10.5. The van der Waals surface area contributed by atoms with E-state index in [4.69, 9.17) is 9.47 Å². The van der Waals surface area contributed by atoms with Gasteiger partial charge in [-0.3, -0.25) is 9.69 Å². The Balaban J connectivity index is 2.03. The molecule has 6 heteroatoms. The van der Waals surface area contributed by atoms with E-state index in [0.717, 1.165) is 0 Å². The van der Waals surface area contributed by atoms with Crippen molar-refractivity contribution in [2.24, 2.45) is 5.92 Å². The van der Waals surface area contributed by atoms with E-state index >= 15 is 0 Å².